The monoisotopic (exact) mass is 246 g/mol. The van der Waals surface area contributed by atoms with Crippen LogP contribution in [0.3, 0.4) is 0 Å². The molecule has 2 rings (SSSR count). The van der Waals surface area contributed by atoms with Crippen molar-refractivity contribution in [2.24, 2.45) is 5.92 Å². The third-order valence-electron chi connectivity index (χ3n) is 2.64. The molecule has 0 spiro atoms. The molecule has 2 unspecified atom stereocenters. The number of nitrogens with zero attached hydrogens (tertiary/aromatic N) is 2. The van der Waals surface area contributed by atoms with Crippen LogP contribution in [0.25, 0.3) is 0 Å². The summed E-state index contributed by atoms with van der Waals surface area (Å²) < 4.78 is 27.3. The van der Waals surface area contributed by atoms with Crippen LogP contribution in [0.1, 0.15) is 31.2 Å². The zero-order valence-electron chi connectivity index (χ0n) is 8.96. The molecule has 7 heteroatoms. The molecule has 1 aromatic rings. The molecule has 90 valence electrons. The van der Waals surface area contributed by atoms with Gasteiger partial charge in [-0.3, -0.25) is 0 Å². The molecule has 0 amide bonds. The van der Waals surface area contributed by atoms with E-state index in [1.54, 1.807) is 0 Å². The van der Waals surface area contributed by atoms with Crippen molar-refractivity contribution in [1.29, 1.82) is 0 Å². The van der Waals surface area contributed by atoms with Crippen molar-refractivity contribution < 1.29 is 18.0 Å². The minimum Gasteiger partial charge on any atom is -0.384 e. The Balaban J connectivity index is 2.00. The van der Waals surface area contributed by atoms with Crippen LogP contribution in [0.15, 0.2) is 4.52 Å². The molecule has 0 bridgehead atoms. The molecule has 1 aliphatic heterocycles. The standard InChI is InChI=1S/C9H14N2O4S/c1-6(12)9-10-8(11-15-9)4-7-2-3-16(13,14)5-7/h6-7,12H,2-5H2,1H3. The summed E-state index contributed by atoms with van der Waals surface area (Å²) in [5, 5.41) is 12.9. The highest BCUT2D eigenvalue weighted by atomic mass is 32.2. The lowest BCUT2D eigenvalue weighted by atomic mass is 10.1. The van der Waals surface area contributed by atoms with Crippen molar-refractivity contribution >= 4 is 9.84 Å². The topological polar surface area (TPSA) is 93.3 Å². The number of hydrogen-bond donors (Lipinski definition) is 1. The SMILES string of the molecule is CC(O)c1nc(CC2CCS(=O)(=O)C2)no1. The first kappa shape index (κ1) is 11.5. The largest absolute Gasteiger partial charge is 0.384 e. The number of aliphatic hydroxyl groups is 1. The lowest BCUT2D eigenvalue weighted by Gasteiger charge is -2.01. The number of sulfone groups is 1. The van der Waals surface area contributed by atoms with Crippen molar-refractivity contribution in [1.82, 2.24) is 10.1 Å². The molecule has 1 saturated heterocycles. The second kappa shape index (κ2) is 4.14. The highest BCUT2D eigenvalue weighted by Crippen LogP contribution is 2.22. The van der Waals surface area contributed by atoms with E-state index in [9.17, 15) is 13.5 Å². The minimum atomic E-state index is -2.86. The summed E-state index contributed by atoms with van der Waals surface area (Å²) in [5.74, 6) is 1.17. The first-order chi connectivity index (χ1) is 7.46. The average Bonchev–Trinajstić information content (AvgIpc) is 2.73. The molecular formula is C9H14N2O4S. The van der Waals surface area contributed by atoms with Crippen molar-refractivity contribution in [2.75, 3.05) is 11.5 Å². The van der Waals surface area contributed by atoms with E-state index in [-0.39, 0.29) is 23.3 Å². The van der Waals surface area contributed by atoms with E-state index in [1.807, 2.05) is 0 Å². The van der Waals surface area contributed by atoms with Crippen LogP contribution in [0.2, 0.25) is 0 Å². The lowest BCUT2D eigenvalue weighted by molar-refractivity contribution is 0.151. The predicted molar refractivity (Wildman–Crippen MR) is 55.4 cm³/mol. The fourth-order valence-electron chi connectivity index (χ4n) is 1.81. The quantitative estimate of drug-likeness (QED) is 0.813. The Morgan fingerprint density at radius 1 is 1.62 bits per heavy atom. The fourth-order valence-corrected chi connectivity index (χ4v) is 3.67. The highest BCUT2D eigenvalue weighted by Gasteiger charge is 2.29. The van der Waals surface area contributed by atoms with E-state index in [0.717, 1.165) is 0 Å². The van der Waals surface area contributed by atoms with Crippen LogP contribution in [0.4, 0.5) is 0 Å². The van der Waals surface area contributed by atoms with Crippen LogP contribution >= 0.6 is 0 Å². The molecule has 2 heterocycles. The van der Waals surface area contributed by atoms with Crippen LogP contribution in [-0.4, -0.2) is 35.2 Å². The molecule has 0 aliphatic carbocycles. The van der Waals surface area contributed by atoms with Gasteiger partial charge < -0.3 is 9.63 Å². The van der Waals surface area contributed by atoms with Gasteiger partial charge in [0.1, 0.15) is 6.10 Å². The third-order valence-corrected chi connectivity index (χ3v) is 4.48. The first-order valence-electron chi connectivity index (χ1n) is 5.17. The van der Waals surface area contributed by atoms with Gasteiger partial charge >= 0.3 is 0 Å². The molecular weight excluding hydrogens is 232 g/mol. The van der Waals surface area contributed by atoms with Gasteiger partial charge in [-0.1, -0.05) is 5.16 Å². The fraction of sp³-hybridized carbons (Fsp3) is 0.778. The van der Waals surface area contributed by atoms with Gasteiger partial charge in [-0.15, -0.1) is 0 Å². The Morgan fingerprint density at radius 2 is 2.38 bits per heavy atom. The van der Waals surface area contributed by atoms with E-state index in [2.05, 4.69) is 10.1 Å². The van der Waals surface area contributed by atoms with Crippen molar-refractivity contribution in [3.05, 3.63) is 11.7 Å². The maximum absolute atomic E-state index is 11.2. The number of rotatable bonds is 3. The number of aromatic nitrogens is 2. The second-order valence-electron chi connectivity index (χ2n) is 4.20. The van der Waals surface area contributed by atoms with E-state index in [4.69, 9.17) is 4.52 Å². The molecule has 0 aromatic carbocycles. The molecule has 6 nitrogen and oxygen atoms in total. The predicted octanol–water partition coefficient (Wildman–Crippen LogP) is 0.100. The Kier molecular flexibility index (Phi) is 2.98. The van der Waals surface area contributed by atoms with Crippen LogP contribution in [0, 0.1) is 5.92 Å². The molecule has 0 radical (unpaired) electrons. The van der Waals surface area contributed by atoms with Crippen molar-refractivity contribution in [3.63, 3.8) is 0 Å². The Hall–Kier alpha value is -0.950. The molecule has 1 fully saturated rings. The zero-order valence-corrected chi connectivity index (χ0v) is 9.77. The molecule has 2 atom stereocenters. The van der Waals surface area contributed by atoms with Gasteiger partial charge in [0.15, 0.2) is 15.7 Å². The molecule has 1 aliphatic rings. The molecule has 1 N–H and O–H groups in total. The Morgan fingerprint density at radius 3 is 2.88 bits per heavy atom. The van der Waals surface area contributed by atoms with E-state index >= 15 is 0 Å². The average molecular weight is 246 g/mol. The minimum absolute atomic E-state index is 0.0736. The maximum Gasteiger partial charge on any atom is 0.255 e. The van der Waals surface area contributed by atoms with Crippen molar-refractivity contribution in [3.8, 4) is 0 Å². The van der Waals surface area contributed by atoms with Gasteiger partial charge in [0.25, 0.3) is 5.89 Å². The van der Waals surface area contributed by atoms with Crippen molar-refractivity contribution in [2.45, 2.75) is 25.9 Å². The molecule has 16 heavy (non-hydrogen) atoms. The maximum atomic E-state index is 11.2. The summed E-state index contributed by atoms with van der Waals surface area (Å²) in [5.41, 5.74) is 0. The van der Waals surface area contributed by atoms with E-state index in [0.29, 0.717) is 18.7 Å². The number of aliphatic hydroxyl groups excluding tert-OH is 1. The van der Waals surface area contributed by atoms with E-state index in [1.165, 1.54) is 6.92 Å². The molecule has 1 aromatic heterocycles. The summed E-state index contributed by atoms with van der Waals surface area (Å²) in [4.78, 5) is 4.00. The molecule has 0 saturated carbocycles. The number of hydrogen-bond acceptors (Lipinski definition) is 6. The normalized spacial score (nSPS) is 25.8. The van der Waals surface area contributed by atoms with Gasteiger partial charge in [0.05, 0.1) is 11.5 Å². The van der Waals surface area contributed by atoms with Crippen LogP contribution < -0.4 is 0 Å². The van der Waals surface area contributed by atoms with Gasteiger partial charge in [-0.2, -0.15) is 4.98 Å². The third kappa shape index (κ3) is 2.59. The van der Waals surface area contributed by atoms with Gasteiger partial charge in [-0.05, 0) is 19.3 Å². The summed E-state index contributed by atoms with van der Waals surface area (Å²) in [7, 11) is -2.86. The van der Waals surface area contributed by atoms with Crippen LogP contribution in [0.5, 0.6) is 0 Å². The smallest absolute Gasteiger partial charge is 0.255 e. The summed E-state index contributed by atoms with van der Waals surface area (Å²) in [6.45, 7) is 1.54. The van der Waals surface area contributed by atoms with Gasteiger partial charge in [0, 0.05) is 6.42 Å². The van der Waals surface area contributed by atoms with E-state index < -0.39 is 15.9 Å². The van der Waals surface area contributed by atoms with Gasteiger partial charge in [0.2, 0.25) is 0 Å². The lowest BCUT2D eigenvalue weighted by Crippen LogP contribution is -2.08. The first-order valence-corrected chi connectivity index (χ1v) is 6.99. The van der Waals surface area contributed by atoms with Crippen LogP contribution in [-0.2, 0) is 16.3 Å². The Bertz CT molecular complexity index is 466. The second-order valence-corrected chi connectivity index (χ2v) is 6.43. The van der Waals surface area contributed by atoms with Gasteiger partial charge in [-0.25, -0.2) is 8.42 Å². The summed E-state index contributed by atoms with van der Waals surface area (Å²) >= 11 is 0. The highest BCUT2D eigenvalue weighted by molar-refractivity contribution is 7.91. The zero-order chi connectivity index (χ0) is 11.8. The Labute approximate surface area is 93.6 Å². The summed E-state index contributed by atoms with van der Waals surface area (Å²) in [6.07, 6.45) is 0.365. The summed E-state index contributed by atoms with van der Waals surface area (Å²) in [6, 6.07) is 0.